The molecule has 0 unspecified atom stereocenters. The van der Waals surface area contributed by atoms with E-state index in [9.17, 15) is 0 Å². The molecular weight excluding hydrogens is 152 g/mol. The summed E-state index contributed by atoms with van der Waals surface area (Å²) in [6.45, 7) is 6.49. The van der Waals surface area contributed by atoms with Crippen molar-refractivity contribution in [1.29, 1.82) is 0 Å². The van der Waals surface area contributed by atoms with Gasteiger partial charge in [-0.3, -0.25) is 0 Å². The van der Waals surface area contributed by atoms with E-state index in [2.05, 4.69) is 39.0 Å². The Balaban J connectivity index is 2.90. The highest BCUT2D eigenvalue weighted by molar-refractivity contribution is 7.99. The fourth-order valence-electron chi connectivity index (χ4n) is 1.12. The van der Waals surface area contributed by atoms with Crippen molar-refractivity contribution in [2.24, 2.45) is 0 Å². The molecule has 0 spiro atoms. The lowest BCUT2D eigenvalue weighted by molar-refractivity contribution is 1.26. The molecule has 0 bridgehead atoms. The minimum atomic E-state index is 1.16. The molecule has 0 radical (unpaired) electrons. The lowest BCUT2D eigenvalue weighted by Gasteiger charge is -2.03. The summed E-state index contributed by atoms with van der Waals surface area (Å²) in [5, 5.41) is 0. The van der Waals surface area contributed by atoms with Crippen LogP contribution in [0.3, 0.4) is 0 Å². The van der Waals surface area contributed by atoms with Crippen molar-refractivity contribution in [1.82, 2.24) is 0 Å². The second-order valence-corrected chi connectivity index (χ2v) is 4.01. The molecule has 0 N–H and O–H groups in total. The van der Waals surface area contributed by atoms with Crippen LogP contribution in [0.2, 0.25) is 0 Å². The van der Waals surface area contributed by atoms with Gasteiger partial charge in [-0.05, 0) is 31.2 Å². The predicted octanol–water partition coefficient (Wildman–Crippen LogP) is 3.42. The van der Waals surface area contributed by atoms with Crippen molar-refractivity contribution in [3.05, 3.63) is 29.3 Å². The second-order valence-electron chi connectivity index (χ2n) is 2.70. The number of hydrogen-bond acceptors (Lipinski definition) is 1. The summed E-state index contributed by atoms with van der Waals surface area (Å²) in [5.41, 5.74) is 2.75. The number of hydrogen-bond donors (Lipinski definition) is 0. The molecule has 1 aromatic rings. The van der Waals surface area contributed by atoms with Crippen LogP contribution in [-0.2, 0) is 0 Å². The van der Waals surface area contributed by atoms with Crippen LogP contribution in [0.15, 0.2) is 23.1 Å². The van der Waals surface area contributed by atoms with Gasteiger partial charge in [0.1, 0.15) is 0 Å². The van der Waals surface area contributed by atoms with Crippen molar-refractivity contribution in [2.45, 2.75) is 25.7 Å². The molecule has 1 heteroatoms. The molecule has 0 saturated heterocycles. The lowest BCUT2D eigenvalue weighted by atomic mass is 10.2. The largest absolute Gasteiger partial charge is 0.126 e. The van der Waals surface area contributed by atoms with Gasteiger partial charge in [0.05, 0.1) is 0 Å². The lowest BCUT2D eigenvalue weighted by Crippen LogP contribution is -1.81. The predicted molar refractivity (Wildman–Crippen MR) is 52.3 cm³/mol. The third-order valence-electron chi connectivity index (χ3n) is 1.63. The van der Waals surface area contributed by atoms with Crippen molar-refractivity contribution < 1.29 is 0 Å². The summed E-state index contributed by atoms with van der Waals surface area (Å²) in [7, 11) is 0. The fraction of sp³-hybridized carbons (Fsp3) is 0.400. The maximum absolute atomic E-state index is 2.23. The maximum Gasteiger partial charge on any atom is 0.0101 e. The molecule has 0 aliphatic carbocycles. The topological polar surface area (TPSA) is 0 Å². The summed E-state index contributed by atoms with van der Waals surface area (Å²) in [5.74, 6) is 1.16. The second kappa shape index (κ2) is 3.82. The van der Waals surface area contributed by atoms with E-state index in [1.54, 1.807) is 0 Å². The average Bonchev–Trinajstić information content (AvgIpc) is 1.95. The van der Waals surface area contributed by atoms with Gasteiger partial charge in [0, 0.05) is 4.90 Å². The average molecular weight is 166 g/mol. The number of rotatable bonds is 2. The molecule has 60 valence electrons. The van der Waals surface area contributed by atoms with Gasteiger partial charge in [0.25, 0.3) is 0 Å². The normalized spacial score (nSPS) is 10.1. The van der Waals surface area contributed by atoms with E-state index in [1.165, 1.54) is 16.0 Å². The molecule has 0 aromatic heterocycles. The van der Waals surface area contributed by atoms with Crippen molar-refractivity contribution >= 4 is 11.8 Å². The van der Waals surface area contributed by atoms with E-state index in [0.717, 1.165) is 5.75 Å². The number of aryl methyl sites for hydroxylation is 2. The highest BCUT2D eigenvalue weighted by Crippen LogP contribution is 2.22. The first-order valence-corrected chi connectivity index (χ1v) is 4.92. The maximum atomic E-state index is 2.23. The first-order valence-electron chi connectivity index (χ1n) is 3.94. The zero-order chi connectivity index (χ0) is 8.27. The Morgan fingerprint density at radius 3 is 2.55 bits per heavy atom. The SMILES string of the molecule is CCSc1ccc(C)cc1C. The quantitative estimate of drug-likeness (QED) is 0.607. The molecule has 1 aromatic carbocycles. The standard InChI is InChI=1S/C10H14S/c1-4-11-10-6-5-8(2)7-9(10)3/h5-7H,4H2,1-3H3. The van der Waals surface area contributed by atoms with Crippen LogP contribution in [0.1, 0.15) is 18.1 Å². The fourth-order valence-corrected chi connectivity index (χ4v) is 1.88. The van der Waals surface area contributed by atoms with Crippen LogP contribution < -0.4 is 0 Å². The third-order valence-corrected chi connectivity index (χ3v) is 2.69. The van der Waals surface area contributed by atoms with E-state index < -0.39 is 0 Å². The van der Waals surface area contributed by atoms with E-state index in [-0.39, 0.29) is 0 Å². The highest BCUT2D eigenvalue weighted by atomic mass is 32.2. The van der Waals surface area contributed by atoms with E-state index in [1.807, 2.05) is 11.8 Å². The molecule has 0 fully saturated rings. The molecule has 11 heavy (non-hydrogen) atoms. The number of thioether (sulfide) groups is 1. The van der Waals surface area contributed by atoms with Crippen LogP contribution in [0, 0.1) is 13.8 Å². The van der Waals surface area contributed by atoms with Crippen molar-refractivity contribution in [3.63, 3.8) is 0 Å². The smallest absolute Gasteiger partial charge is 0.0101 e. The Hall–Kier alpha value is -0.430. The molecule has 0 aliphatic heterocycles. The first-order chi connectivity index (χ1) is 5.24. The first kappa shape index (κ1) is 8.66. The molecule has 0 atom stereocenters. The Bertz CT molecular complexity index is 241. The molecule has 0 saturated carbocycles. The summed E-state index contributed by atoms with van der Waals surface area (Å²) >= 11 is 1.91. The summed E-state index contributed by atoms with van der Waals surface area (Å²) in [6, 6.07) is 6.61. The van der Waals surface area contributed by atoms with Crippen molar-refractivity contribution in [2.75, 3.05) is 5.75 Å². The van der Waals surface area contributed by atoms with Crippen molar-refractivity contribution in [3.8, 4) is 0 Å². The molecule has 0 amide bonds. The van der Waals surface area contributed by atoms with E-state index in [4.69, 9.17) is 0 Å². The zero-order valence-electron chi connectivity index (χ0n) is 7.35. The van der Waals surface area contributed by atoms with Gasteiger partial charge in [0.15, 0.2) is 0 Å². The Morgan fingerprint density at radius 1 is 1.27 bits per heavy atom. The van der Waals surface area contributed by atoms with Gasteiger partial charge in [-0.15, -0.1) is 11.8 Å². The van der Waals surface area contributed by atoms with Gasteiger partial charge in [-0.2, -0.15) is 0 Å². The highest BCUT2D eigenvalue weighted by Gasteiger charge is 1.96. The summed E-state index contributed by atoms with van der Waals surface area (Å²) in [4.78, 5) is 1.41. The van der Waals surface area contributed by atoms with Gasteiger partial charge in [-0.25, -0.2) is 0 Å². The van der Waals surface area contributed by atoms with Gasteiger partial charge >= 0.3 is 0 Å². The van der Waals surface area contributed by atoms with Crippen LogP contribution >= 0.6 is 11.8 Å². The zero-order valence-corrected chi connectivity index (χ0v) is 8.16. The molecular formula is C10H14S. The van der Waals surface area contributed by atoms with Crippen LogP contribution in [0.4, 0.5) is 0 Å². The molecule has 0 nitrogen and oxygen atoms in total. The summed E-state index contributed by atoms with van der Waals surface area (Å²) in [6.07, 6.45) is 0. The van der Waals surface area contributed by atoms with Gasteiger partial charge in [-0.1, -0.05) is 24.6 Å². The van der Waals surface area contributed by atoms with E-state index in [0.29, 0.717) is 0 Å². The van der Waals surface area contributed by atoms with E-state index >= 15 is 0 Å². The number of benzene rings is 1. The van der Waals surface area contributed by atoms with Gasteiger partial charge < -0.3 is 0 Å². The van der Waals surface area contributed by atoms with Crippen LogP contribution in [0.25, 0.3) is 0 Å². The Kier molecular flexibility index (Phi) is 3.01. The summed E-state index contributed by atoms with van der Waals surface area (Å²) < 4.78 is 0. The van der Waals surface area contributed by atoms with Crippen LogP contribution in [0.5, 0.6) is 0 Å². The van der Waals surface area contributed by atoms with Gasteiger partial charge in [0.2, 0.25) is 0 Å². The minimum absolute atomic E-state index is 1.16. The Morgan fingerprint density at radius 2 is 2.00 bits per heavy atom. The molecule has 0 aliphatic rings. The minimum Gasteiger partial charge on any atom is -0.126 e. The Labute approximate surface area is 73.0 Å². The monoisotopic (exact) mass is 166 g/mol. The molecule has 1 rings (SSSR count). The molecule has 0 heterocycles. The third kappa shape index (κ3) is 2.26. The van der Waals surface area contributed by atoms with Crippen LogP contribution in [-0.4, -0.2) is 5.75 Å².